The van der Waals surface area contributed by atoms with Gasteiger partial charge in [-0.3, -0.25) is 9.59 Å². The molecule has 0 aliphatic carbocycles. The van der Waals surface area contributed by atoms with Crippen molar-refractivity contribution in [1.29, 1.82) is 0 Å². The molecule has 0 aromatic heterocycles. The quantitative estimate of drug-likeness (QED) is 0.0321. The zero-order chi connectivity index (χ0) is 45.9. The summed E-state index contributed by atoms with van der Waals surface area (Å²) >= 11 is 0. The molecule has 0 rings (SSSR count). The Hall–Kier alpha value is -2.44. The van der Waals surface area contributed by atoms with Gasteiger partial charge in [-0.25, -0.2) is 0 Å². The largest absolute Gasteiger partial charge is 0.461 e. The topological polar surface area (TPSA) is 95.9 Å². The van der Waals surface area contributed by atoms with Crippen LogP contribution in [0.4, 0.5) is 0 Å². The minimum absolute atomic E-state index is 0.000915. The fourth-order valence-electron chi connectivity index (χ4n) is 8.04. The van der Waals surface area contributed by atoms with Gasteiger partial charge < -0.3 is 20.3 Å². The van der Waals surface area contributed by atoms with Gasteiger partial charge in [-0.05, 0) is 44.9 Å². The number of carbonyl (C=O) groups is 2. The lowest BCUT2D eigenvalue weighted by Crippen LogP contribution is -2.46. The zero-order valence-electron chi connectivity index (χ0n) is 41.7. The Morgan fingerprint density at radius 3 is 1.21 bits per heavy atom. The second-order valence-corrected chi connectivity index (χ2v) is 18.3. The summed E-state index contributed by atoms with van der Waals surface area (Å²) in [6, 6.07) is -0.732. The van der Waals surface area contributed by atoms with Gasteiger partial charge in [-0.15, -0.1) is 0 Å². The first-order valence-corrected chi connectivity index (χ1v) is 27.0. The third-order valence-electron chi connectivity index (χ3n) is 12.1. The van der Waals surface area contributed by atoms with E-state index in [1.165, 1.54) is 148 Å². The van der Waals surface area contributed by atoms with Gasteiger partial charge in [0.2, 0.25) is 5.91 Å². The number of amides is 1. The summed E-state index contributed by atoms with van der Waals surface area (Å²) in [4.78, 5) is 26.1. The van der Waals surface area contributed by atoms with Crippen LogP contribution in [0.5, 0.6) is 0 Å². The Morgan fingerprint density at radius 2 is 0.825 bits per heavy atom. The number of aliphatic hydroxyl groups is 2. The Bertz CT molecular complexity index is 1130. The van der Waals surface area contributed by atoms with E-state index in [0.29, 0.717) is 19.3 Å². The summed E-state index contributed by atoms with van der Waals surface area (Å²) in [7, 11) is 0. The lowest BCUT2D eigenvalue weighted by Gasteiger charge is -2.24. The maximum Gasteiger partial charge on any atom is 0.306 e. The molecule has 3 N–H and O–H groups in total. The third-order valence-corrected chi connectivity index (χ3v) is 12.1. The first-order chi connectivity index (χ1) is 31.0. The second kappa shape index (κ2) is 50.6. The number of unbranched alkanes of at least 4 members (excludes halogenated alkanes) is 27. The van der Waals surface area contributed by atoms with E-state index in [0.717, 1.165) is 70.6 Å². The second-order valence-electron chi connectivity index (χ2n) is 18.3. The molecule has 6 heteroatoms. The van der Waals surface area contributed by atoms with Crippen molar-refractivity contribution < 1.29 is 24.5 Å². The van der Waals surface area contributed by atoms with Crippen molar-refractivity contribution in [2.75, 3.05) is 6.61 Å². The number of rotatable bonds is 48. The Balaban J connectivity index is 4.65. The fourth-order valence-corrected chi connectivity index (χ4v) is 8.04. The number of nitrogens with one attached hydrogen (secondary N) is 1. The van der Waals surface area contributed by atoms with Gasteiger partial charge >= 0.3 is 5.97 Å². The molecule has 0 spiro atoms. The summed E-state index contributed by atoms with van der Waals surface area (Å²) in [6.07, 6.45) is 63.0. The maximum atomic E-state index is 13.2. The highest BCUT2D eigenvalue weighted by Crippen LogP contribution is 2.17. The highest BCUT2D eigenvalue weighted by Gasteiger charge is 2.23. The van der Waals surface area contributed by atoms with E-state index in [4.69, 9.17) is 4.74 Å². The lowest BCUT2D eigenvalue weighted by molar-refractivity contribution is -0.150. The van der Waals surface area contributed by atoms with Crippen molar-refractivity contribution in [3.05, 3.63) is 60.8 Å². The highest BCUT2D eigenvalue weighted by atomic mass is 16.5. The number of ether oxygens (including phenoxy) is 1. The summed E-state index contributed by atoms with van der Waals surface area (Å²) in [5, 5.41) is 23.8. The number of aliphatic hydroxyl groups excluding tert-OH is 2. The Labute approximate surface area is 390 Å². The first kappa shape index (κ1) is 60.6. The first-order valence-electron chi connectivity index (χ1n) is 27.0. The molecule has 0 fully saturated rings. The van der Waals surface area contributed by atoms with Gasteiger partial charge in [-0.2, -0.15) is 0 Å². The molecule has 1 amide bonds. The molecule has 366 valence electrons. The third kappa shape index (κ3) is 45.9. The van der Waals surface area contributed by atoms with Gasteiger partial charge in [0.15, 0.2) is 0 Å². The van der Waals surface area contributed by atoms with Crippen LogP contribution in [0.3, 0.4) is 0 Å². The smallest absolute Gasteiger partial charge is 0.306 e. The Kier molecular flexibility index (Phi) is 48.6. The monoisotopic (exact) mass is 882 g/mol. The predicted molar refractivity (Wildman–Crippen MR) is 273 cm³/mol. The van der Waals surface area contributed by atoms with Crippen LogP contribution in [0.15, 0.2) is 60.8 Å². The molecule has 0 radical (unpaired) electrons. The predicted octanol–water partition coefficient (Wildman–Crippen LogP) is 16.4. The SMILES string of the molecule is CC/C=C\C/C=C\C/C=C\C/C=C\C/C=C\CC(CC(=O)NC(CO)C(O)CCCCCCCCCCCCCCCCCC)OC(=O)CCCCCCCCCCCCCCC. The van der Waals surface area contributed by atoms with Gasteiger partial charge in [0.05, 0.1) is 25.2 Å². The molecular formula is C57H103NO5. The number of hydrogen-bond donors (Lipinski definition) is 3. The highest BCUT2D eigenvalue weighted by molar-refractivity contribution is 5.77. The van der Waals surface area contributed by atoms with Crippen molar-refractivity contribution in [2.45, 2.75) is 283 Å². The maximum absolute atomic E-state index is 13.2. The van der Waals surface area contributed by atoms with E-state index < -0.39 is 18.2 Å². The fraction of sp³-hybridized carbons (Fsp3) is 0.789. The number of allylic oxidation sites excluding steroid dienone is 9. The molecule has 0 aromatic rings. The molecule has 3 unspecified atom stereocenters. The van der Waals surface area contributed by atoms with Crippen molar-refractivity contribution in [1.82, 2.24) is 5.32 Å². The van der Waals surface area contributed by atoms with Crippen LogP contribution in [-0.4, -0.2) is 46.9 Å². The summed E-state index contributed by atoms with van der Waals surface area (Å²) < 4.78 is 5.87. The summed E-state index contributed by atoms with van der Waals surface area (Å²) in [6.45, 7) is 6.36. The average Bonchev–Trinajstić information content (AvgIpc) is 3.28. The van der Waals surface area contributed by atoms with Crippen LogP contribution in [0.2, 0.25) is 0 Å². The molecule has 0 bridgehead atoms. The number of carbonyl (C=O) groups excluding carboxylic acids is 2. The molecule has 0 aliphatic rings. The summed E-state index contributed by atoms with van der Waals surface area (Å²) in [5.74, 6) is -0.573. The lowest BCUT2D eigenvalue weighted by atomic mass is 10.0. The van der Waals surface area contributed by atoms with Gasteiger partial charge in [0, 0.05) is 12.8 Å². The molecule has 0 aromatic carbocycles. The van der Waals surface area contributed by atoms with Crippen LogP contribution in [0, 0.1) is 0 Å². The van der Waals surface area contributed by atoms with E-state index in [9.17, 15) is 19.8 Å². The van der Waals surface area contributed by atoms with Crippen molar-refractivity contribution >= 4 is 11.9 Å². The van der Waals surface area contributed by atoms with Crippen molar-refractivity contribution in [2.24, 2.45) is 0 Å². The van der Waals surface area contributed by atoms with E-state index in [1.54, 1.807) is 0 Å². The van der Waals surface area contributed by atoms with E-state index >= 15 is 0 Å². The normalized spacial score (nSPS) is 13.7. The minimum Gasteiger partial charge on any atom is -0.461 e. The van der Waals surface area contributed by atoms with Crippen LogP contribution < -0.4 is 5.32 Å². The van der Waals surface area contributed by atoms with E-state index in [2.05, 4.69) is 80.8 Å². The van der Waals surface area contributed by atoms with Gasteiger partial charge in [0.25, 0.3) is 0 Å². The van der Waals surface area contributed by atoms with E-state index in [-0.39, 0.29) is 24.9 Å². The van der Waals surface area contributed by atoms with Gasteiger partial charge in [-0.1, -0.05) is 261 Å². The van der Waals surface area contributed by atoms with Crippen LogP contribution in [0.1, 0.15) is 265 Å². The van der Waals surface area contributed by atoms with Crippen molar-refractivity contribution in [3.63, 3.8) is 0 Å². The molecular weight excluding hydrogens is 779 g/mol. The minimum atomic E-state index is -0.812. The molecule has 0 aliphatic heterocycles. The molecule has 6 nitrogen and oxygen atoms in total. The standard InChI is InChI=1S/C57H103NO5/c1-4-7-10-13-16-19-22-25-27-29-32-34-37-40-43-46-49-55(60)54(52-59)58-56(61)51-53(48-45-42-39-36-33-31-28-26-23-20-17-14-11-8-5-2)63-57(62)50-47-44-41-38-35-30-24-21-18-15-12-9-6-3/h8,11,17,20,26,28,33,36,42,45,53-55,59-60H,4-7,9-10,12-16,18-19,21-25,27,29-32,34-35,37-41,43-44,46-52H2,1-3H3,(H,58,61)/b11-8-,20-17-,28-26-,36-33-,45-42-. The molecule has 0 saturated carbocycles. The zero-order valence-corrected chi connectivity index (χ0v) is 41.7. The van der Waals surface area contributed by atoms with Crippen LogP contribution in [-0.2, 0) is 14.3 Å². The molecule has 63 heavy (non-hydrogen) atoms. The average molecular weight is 882 g/mol. The van der Waals surface area contributed by atoms with E-state index in [1.807, 2.05) is 6.08 Å². The van der Waals surface area contributed by atoms with Crippen LogP contribution >= 0.6 is 0 Å². The summed E-state index contributed by atoms with van der Waals surface area (Å²) in [5.41, 5.74) is 0. The number of esters is 1. The molecule has 0 heterocycles. The molecule has 0 saturated heterocycles. The van der Waals surface area contributed by atoms with Crippen LogP contribution in [0.25, 0.3) is 0 Å². The van der Waals surface area contributed by atoms with Gasteiger partial charge in [0.1, 0.15) is 6.10 Å². The number of hydrogen-bond acceptors (Lipinski definition) is 5. The van der Waals surface area contributed by atoms with Crippen molar-refractivity contribution in [3.8, 4) is 0 Å². The Morgan fingerprint density at radius 1 is 0.476 bits per heavy atom. The molecule has 3 atom stereocenters.